The molecule has 0 fully saturated rings. The Hall–Kier alpha value is -1.27. The van der Waals surface area contributed by atoms with Gasteiger partial charge in [-0.2, -0.15) is 13.7 Å². The molecule has 6 heteroatoms. The molecule has 0 bridgehead atoms. The van der Waals surface area contributed by atoms with Gasteiger partial charge in [0.15, 0.2) is 0 Å². The Bertz CT molecular complexity index is 239. The fraction of sp³-hybridized carbons (Fsp3) is 0. The summed E-state index contributed by atoms with van der Waals surface area (Å²) in [6, 6.07) is 0. The van der Waals surface area contributed by atoms with Gasteiger partial charge in [0.2, 0.25) is 5.40 Å². The van der Waals surface area contributed by atoms with E-state index in [2.05, 4.69) is 4.18 Å². The van der Waals surface area contributed by atoms with Crippen molar-refractivity contribution in [3.05, 3.63) is 0 Å². The van der Waals surface area contributed by atoms with Crippen LogP contribution in [0.15, 0.2) is 0 Å². The summed E-state index contributed by atoms with van der Waals surface area (Å²) in [4.78, 5) is 0. The predicted molar refractivity (Wildman–Crippen MR) is 21.2 cm³/mol. The molecule has 0 saturated carbocycles. The molecular weight excluding hydrogens is 132 g/mol. The Kier molecular flexibility index (Phi) is 1.80. The maximum absolute atomic E-state index is 9.79. The first-order chi connectivity index (χ1) is 3.62. The molecule has 0 atom stereocenters. The summed E-state index contributed by atoms with van der Waals surface area (Å²) < 4.78 is 22.9. The van der Waals surface area contributed by atoms with Gasteiger partial charge in [-0.15, -0.1) is 5.26 Å². The highest BCUT2D eigenvalue weighted by molar-refractivity contribution is 7.91. The van der Waals surface area contributed by atoms with Crippen LogP contribution in [-0.4, -0.2) is 8.42 Å². The summed E-state index contributed by atoms with van der Waals surface area (Å²) in [5.41, 5.74) is 0. The lowest BCUT2D eigenvalue weighted by molar-refractivity contribution is 0.470. The minimum atomic E-state index is -4.23. The van der Waals surface area contributed by atoms with Crippen LogP contribution in [-0.2, 0) is 14.3 Å². The van der Waals surface area contributed by atoms with Gasteiger partial charge in [-0.1, -0.05) is 0 Å². The third-order valence-electron chi connectivity index (χ3n) is 0.259. The fourth-order valence-electron chi connectivity index (χ4n) is 0.0677. The molecule has 0 aliphatic carbocycles. The highest BCUT2D eigenvalue weighted by Crippen LogP contribution is 1.84. The highest BCUT2D eigenvalue weighted by Gasteiger charge is 2.05. The first-order valence-corrected chi connectivity index (χ1v) is 2.76. The van der Waals surface area contributed by atoms with E-state index in [0.717, 1.165) is 11.7 Å². The lowest BCUT2D eigenvalue weighted by Crippen LogP contribution is -1.94. The molecule has 42 valence electrons. The monoisotopic (exact) mass is 132 g/mol. The molecule has 5 nitrogen and oxygen atoms in total. The second kappa shape index (κ2) is 2.15. The van der Waals surface area contributed by atoms with Crippen molar-refractivity contribution < 1.29 is 12.6 Å². The van der Waals surface area contributed by atoms with Crippen LogP contribution >= 0.6 is 0 Å². The van der Waals surface area contributed by atoms with Gasteiger partial charge in [0.25, 0.3) is 0 Å². The van der Waals surface area contributed by atoms with Gasteiger partial charge in [0.1, 0.15) is 0 Å². The minimum Gasteiger partial charge on any atom is -0.291 e. The molecule has 0 aromatic rings. The van der Waals surface area contributed by atoms with E-state index in [1.807, 2.05) is 0 Å². The summed E-state index contributed by atoms with van der Waals surface area (Å²) in [5, 5.41) is 15.9. The molecule has 0 N–H and O–H groups in total. The van der Waals surface area contributed by atoms with Crippen molar-refractivity contribution in [3.8, 4) is 11.7 Å². The minimum absolute atomic E-state index is 0.770. The lowest BCUT2D eigenvalue weighted by atomic mass is 11.6. The zero-order valence-electron chi connectivity index (χ0n) is 3.53. The Morgan fingerprint density at radius 3 is 2.00 bits per heavy atom. The van der Waals surface area contributed by atoms with Crippen LogP contribution in [0.2, 0.25) is 0 Å². The molecule has 0 radical (unpaired) electrons. The standard InChI is InChI=1S/C2N2O3S/c3-1-7-8(5,6)2-4. The van der Waals surface area contributed by atoms with Crippen molar-refractivity contribution in [1.82, 2.24) is 0 Å². The maximum Gasteiger partial charge on any atom is 0.416 e. The average molecular weight is 132 g/mol. The number of nitriles is 2. The van der Waals surface area contributed by atoms with Gasteiger partial charge in [-0.05, 0) is 0 Å². The second-order valence-corrected chi connectivity index (χ2v) is 1.98. The summed E-state index contributed by atoms with van der Waals surface area (Å²) in [6.07, 6.45) is 0.848. The number of hydrogen-bond donors (Lipinski definition) is 0. The Labute approximate surface area is 45.8 Å². The number of thiocyanates is 1. The smallest absolute Gasteiger partial charge is 0.291 e. The van der Waals surface area contributed by atoms with E-state index >= 15 is 0 Å². The molecule has 0 unspecified atom stereocenters. The van der Waals surface area contributed by atoms with E-state index in [0.29, 0.717) is 0 Å². The average Bonchev–Trinajstić information content (AvgIpc) is 1.67. The van der Waals surface area contributed by atoms with Crippen LogP contribution in [0.5, 0.6) is 0 Å². The molecular formula is C2N2O3S. The van der Waals surface area contributed by atoms with E-state index in [9.17, 15) is 8.42 Å². The first-order valence-electron chi connectivity index (χ1n) is 1.36. The zero-order valence-corrected chi connectivity index (χ0v) is 4.34. The van der Waals surface area contributed by atoms with Crippen molar-refractivity contribution in [2.45, 2.75) is 0 Å². The molecule has 0 saturated heterocycles. The molecule has 0 aromatic heterocycles. The number of hydrogen-bond acceptors (Lipinski definition) is 5. The quantitative estimate of drug-likeness (QED) is 0.267. The Morgan fingerprint density at radius 1 is 1.38 bits per heavy atom. The van der Waals surface area contributed by atoms with Gasteiger partial charge in [-0.3, -0.25) is 4.18 Å². The highest BCUT2D eigenvalue weighted by atomic mass is 32.2. The summed E-state index contributed by atoms with van der Waals surface area (Å²) in [7, 11) is -4.23. The first kappa shape index (κ1) is 6.73. The van der Waals surface area contributed by atoms with E-state index in [4.69, 9.17) is 10.5 Å². The molecule has 0 aliphatic heterocycles. The summed E-state index contributed by atoms with van der Waals surface area (Å²) >= 11 is 0. The van der Waals surface area contributed by atoms with Crippen molar-refractivity contribution in [2.75, 3.05) is 0 Å². The second-order valence-electron chi connectivity index (χ2n) is 0.720. The van der Waals surface area contributed by atoms with Gasteiger partial charge in [0.05, 0.1) is 0 Å². The van der Waals surface area contributed by atoms with Crippen LogP contribution in [0.1, 0.15) is 0 Å². The topological polar surface area (TPSA) is 90.9 Å². The Balaban J connectivity index is 4.31. The molecule has 0 amide bonds. The zero-order chi connectivity index (χ0) is 6.62. The van der Waals surface area contributed by atoms with Crippen molar-refractivity contribution >= 4 is 10.1 Å². The van der Waals surface area contributed by atoms with Crippen molar-refractivity contribution in [1.29, 1.82) is 10.5 Å². The van der Waals surface area contributed by atoms with Gasteiger partial charge in [-0.25, -0.2) is 0 Å². The lowest BCUT2D eigenvalue weighted by Gasteiger charge is -1.79. The summed E-state index contributed by atoms with van der Waals surface area (Å²) in [5.74, 6) is 0. The number of nitrogens with zero attached hydrogens (tertiary/aromatic N) is 2. The van der Waals surface area contributed by atoms with Crippen LogP contribution in [0.25, 0.3) is 0 Å². The van der Waals surface area contributed by atoms with Gasteiger partial charge >= 0.3 is 16.4 Å². The van der Waals surface area contributed by atoms with Gasteiger partial charge < -0.3 is 0 Å². The maximum atomic E-state index is 9.79. The van der Waals surface area contributed by atoms with E-state index in [1.165, 1.54) is 0 Å². The third kappa shape index (κ3) is 2.00. The van der Waals surface area contributed by atoms with Gasteiger partial charge in [0, 0.05) is 0 Å². The molecule has 0 heterocycles. The third-order valence-corrected chi connectivity index (χ3v) is 0.776. The predicted octanol–water partition coefficient (Wildman–Crippen LogP) is -0.705. The van der Waals surface area contributed by atoms with E-state index in [1.54, 1.807) is 0 Å². The fourth-order valence-corrected chi connectivity index (χ4v) is 0.203. The molecule has 8 heavy (non-hydrogen) atoms. The van der Waals surface area contributed by atoms with Crippen LogP contribution in [0, 0.1) is 22.2 Å². The van der Waals surface area contributed by atoms with Crippen LogP contribution in [0.3, 0.4) is 0 Å². The molecule has 0 rings (SSSR count). The number of rotatable bonds is 1. The van der Waals surface area contributed by atoms with Crippen LogP contribution in [0.4, 0.5) is 0 Å². The van der Waals surface area contributed by atoms with Crippen LogP contribution < -0.4 is 0 Å². The molecule has 0 aromatic carbocycles. The molecule has 0 spiro atoms. The summed E-state index contributed by atoms with van der Waals surface area (Å²) in [6.45, 7) is 0. The normalized spacial score (nSPS) is 8.75. The Morgan fingerprint density at radius 2 is 1.88 bits per heavy atom. The van der Waals surface area contributed by atoms with E-state index < -0.39 is 10.1 Å². The van der Waals surface area contributed by atoms with Crippen molar-refractivity contribution in [3.63, 3.8) is 0 Å². The SMILES string of the molecule is N#COS(=O)(=O)C#N. The molecule has 0 aliphatic rings. The van der Waals surface area contributed by atoms with Crippen molar-refractivity contribution in [2.24, 2.45) is 0 Å². The largest absolute Gasteiger partial charge is 0.416 e. The van der Waals surface area contributed by atoms with E-state index in [-0.39, 0.29) is 0 Å².